The summed E-state index contributed by atoms with van der Waals surface area (Å²) in [7, 11) is 0. The largest absolute Gasteiger partial charge is 0.444 e. The van der Waals surface area contributed by atoms with E-state index in [1.807, 2.05) is 13.2 Å². The monoisotopic (exact) mass is 421 g/mol. The first kappa shape index (κ1) is 22.8. The van der Waals surface area contributed by atoms with Gasteiger partial charge >= 0.3 is 17.7 Å². The fourth-order valence-electron chi connectivity index (χ4n) is 2.72. The van der Waals surface area contributed by atoms with E-state index < -0.39 is 29.3 Å². The Morgan fingerprint density at radius 1 is 1.24 bits per heavy atom. The lowest BCUT2D eigenvalue weighted by Gasteiger charge is -2.23. The molecule has 1 heterocycles. The Morgan fingerprint density at radius 2 is 1.93 bits per heavy atom. The highest BCUT2D eigenvalue weighted by Crippen LogP contribution is 2.28. The molecule has 0 spiro atoms. The average Bonchev–Trinajstić information content (AvgIpc) is 2.59. The van der Waals surface area contributed by atoms with Crippen LogP contribution in [0, 0.1) is 13.8 Å². The molecule has 1 amide bonds. The summed E-state index contributed by atoms with van der Waals surface area (Å²) in [5, 5.41) is 3.35. The van der Waals surface area contributed by atoms with Gasteiger partial charge in [-0.05, 0) is 70.7 Å². The van der Waals surface area contributed by atoms with E-state index in [9.17, 15) is 14.4 Å². The third-order valence-corrected chi connectivity index (χ3v) is 4.76. The minimum Gasteiger partial charge on any atom is -0.444 e. The van der Waals surface area contributed by atoms with Crippen LogP contribution in [0.3, 0.4) is 0 Å². The van der Waals surface area contributed by atoms with Crippen LogP contribution in [-0.4, -0.2) is 35.7 Å². The first-order valence-electron chi connectivity index (χ1n) is 9.26. The number of amides is 1. The summed E-state index contributed by atoms with van der Waals surface area (Å²) in [6.07, 6.45) is 1.62. The molecule has 0 saturated carbocycles. The quantitative estimate of drug-likeness (QED) is 0.428. The van der Waals surface area contributed by atoms with E-state index in [1.165, 1.54) is 6.07 Å². The zero-order chi connectivity index (χ0) is 21.8. The van der Waals surface area contributed by atoms with Gasteiger partial charge in [-0.15, -0.1) is 0 Å². The van der Waals surface area contributed by atoms with Gasteiger partial charge in [0.15, 0.2) is 0 Å². The van der Waals surface area contributed by atoms with Gasteiger partial charge in [0.1, 0.15) is 23.0 Å². The number of rotatable bonds is 6. The first-order chi connectivity index (χ1) is 13.5. The fraction of sp³-hybridized carbons (Fsp3) is 0.476. The van der Waals surface area contributed by atoms with Crippen LogP contribution in [0.2, 0.25) is 0 Å². The van der Waals surface area contributed by atoms with Crippen LogP contribution in [0.1, 0.15) is 38.3 Å². The van der Waals surface area contributed by atoms with Crippen molar-refractivity contribution < 1.29 is 23.5 Å². The SMILES string of the molecule is CSCC[C@H](NC(=O)OC(C)(C)C)C(=O)Oc1ccc2c(C)cc(=O)oc2c1C. The smallest absolute Gasteiger partial charge is 0.408 e. The molecule has 8 heteroatoms. The number of esters is 1. The standard InChI is InChI=1S/C21H27NO6S/c1-12-11-17(23)27-18-13(2)16(8-7-14(12)18)26-19(24)15(9-10-29-6)22-20(25)28-21(3,4)5/h7-8,11,15H,9-10H2,1-6H3,(H,22,25)/t15-/m0/s1. The number of carbonyl (C=O) groups excluding carboxylic acids is 2. The lowest BCUT2D eigenvalue weighted by atomic mass is 10.1. The van der Waals surface area contributed by atoms with E-state index in [0.717, 1.165) is 10.9 Å². The van der Waals surface area contributed by atoms with Crippen molar-refractivity contribution in [2.75, 3.05) is 12.0 Å². The maximum Gasteiger partial charge on any atom is 0.408 e. The van der Waals surface area contributed by atoms with Gasteiger partial charge in [-0.1, -0.05) is 0 Å². The van der Waals surface area contributed by atoms with Gasteiger partial charge in [-0.25, -0.2) is 14.4 Å². The molecule has 1 aromatic carbocycles. The molecule has 0 fully saturated rings. The van der Waals surface area contributed by atoms with E-state index in [2.05, 4.69) is 5.32 Å². The van der Waals surface area contributed by atoms with Gasteiger partial charge in [0, 0.05) is 17.0 Å². The fourth-order valence-corrected chi connectivity index (χ4v) is 3.20. The number of fused-ring (bicyclic) bond motifs is 1. The van der Waals surface area contributed by atoms with Crippen LogP contribution in [0.5, 0.6) is 5.75 Å². The molecule has 2 rings (SSSR count). The van der Waals surface area contributed by atoms with Crippen molar-refractivity contribution in [3.63, 3.8) is 0 Å². The molecule has 0 saturated heterocycles. The normalized spacial score (nSPS) is 12.5. The molecule has 0 aliphatic heterocycles. The minimum absolute atomic E-state index is 0.274. The molecule has 1 atom stereocenters. The molecule has 158 valence electrons. The number of hydrogen-bond acceptors (Lipinski definition) is 7. The number of aryl methyl sites for hydroxylation is 2. The highest BCUT2D eigenvalue weighted by atomic mass is 32.2. The lowest BCUT2D eigenvalue weighted by molar-refractivity contribution is -0.136. The van der Waals surface area contributed by atoms with Crippen LogP contribution < -0.4 is 15.7 Å². The minimum atomic E-state index is -0.864. The molecule has 0 aliphatic rings. The Hall–Kier alpha value is -2.48. The topological polar surface area (TPSA) is 94.8 Å². The Morgan fingerprint density at radius 3 is 2.55 bits per heavy atom. The van der Waals surface area contributed by atoms with Crippen molar-refractivity contribution in [2.24, 2.45) is 0 Å². The van der Waals surface area contributed by atoms with Crippen LogP contribution in [0.4, 0.5) is 4.79 Å². The van der Waals surface area contributed by atoms with Crippen molar-refractivity contribution in [3.8, 4) is 5.75 Å². The van der Waals surface area contributed by atoms with E-state index in [-0.39, 0.29) is 5.75 Å². The molecule has 0 aliphatic carbocycles. The predicted molar refractivity (Wildman–Crippen MR) is 114 cm³/mol. The number of nitrogens with one attached hydrogen (secondary N) is 1. The number of thioether (sulfide) groups is 1. The second-order valence-electron chi connectivity index (χ2n) is 7.72. The summed E-state index contributed by atoms with van der Waals surface area (Å²) >= 11 is 1.55. The van der Waals surface area contributed by atoms with E-state index in [1.54, 1.807) is 51.6 Å². The van der Waals surface area contributed by atoms with Crippen LogP contribution >= 0.6 is 11.8 Å². The molecular formula is C21H27NO6S. The van der Waals surface area contributed by atoms with E-state index in [0.29, 0.717) is 23.3 Å². The summed E-state index contributed by atoms with van der Waals surface area (Å²) in [6.45, 7) is 8.76. The van der Waals surface area contributed by atoms with Gasteiger partial charge < -0.3 is 19.2 Å². The molecular weight excluding hydrogens is 394 g/mol. The number of carbonyl (C=O) groups is 2. The number of alkyl carbamates (subject to hydrolysis) is 1. The molecule has 0 radical (unpaired) electrons. The zero-order valence-corrected chi connectivity index (χ0v) is 18.4. The summed E-state index contributed by atoms with van der Waals surface area (Å²) in [5.41, 5.74) is 0.550. The van der Waals surface area contributed by atoms with Gasteiger partial charge in [-0.2, -0.15) is 11.8 Å². The van der Waals surface area contributed by atoms with E-state index in [4.69, 9.17) is 13.9 Å². The van der Waals surface area contributed by atoms with Gasteiger partial charge in [-0.3, -0.25) is 0 Å². The van der Waals surface area contributed by atoms with Crippen molar-refractivity contribution in [2.45, 2.75) is 52.7 Å². The Balaban J connectivity index is 2.25. The number of ether oxygens (including phenoxy) is 2. The maximum atomic E-state index is 12.7. The van der Waals surface area contributed by atoms with Crippen molar-refractivity contribution in [1.82, 2.24) is 5.32 Å². The average molecular weight is 422 g/mol. The van der Waals surface area contributed by atoms with Gasteiger partial charge in [0.2, 0.25) is 0 Å². The van der Waals surface area contributed by atoms with Crippen molar-refractivity contribution in [3.05, 3.63) is 39.7 Å². The second kappa shape index (κ2) is 9.35. The third-order valence-electron chi connectivity index (χ3n) is 4.11. The Labute approximate surface area is 174 Å². The zero-order valence-electron chi connectivity index (χ0n) is 17.6. The molecule has 1 N–H and O–H groups in total. The summed E-state index contributed by atoms with van der Waals surface area (Å²) in [4.78, 5) is 36.6. The predicted octanol–water partition coefficient (Wildman–Crippen LogP) is 3.96. The summed E-state index contributed by atoms with van der Waals surface area (Å²) in [6, 6.07) is 3.94. The highest BCUT2D eigenvalue weighted by molar-refractivity contribution is 7.98. The van der Waals surface area contributed by atoms with Crippen LogP contribution in [0.15, 0.2) is 27.4 Å². The first-order valence-corrected chi connectivity index (χ1v) is 10.7. The van der Waals surface area contributed by atoms with Gasteiger partial charge in [0.25, 0.3) is 0 Å². The highest BCUT2D eigenvalue weighted by Gasteiger charge is 2.26. The molecule has 1 aromatic heterocycles. The molecule has 7 nitrogen and oxygen atoms in total. The summed E-state index contributed by atoms with van der Waals surface area (Å²) in [5.74, 6) is 0.319. The Bertz CT molecular complexity index is 960. The van der Waals surface area contributed by atoms with Crippen LogP contribution in [0.25, 0.3) is 11.0 Å². The number of hydrogen-bond donors (Lipinski definition) is 1. The maximum absolute atomic E-state index is 12.7. The second-order valence-corrected chi connectivity index (χ2v) is 8.70. The van der Waals surface area contributed by atoms with Crippen molar-refractivity contribution >= 4 is 34.8 Å². The van der Waals surface area contributed by atoms with Crippen LogP contribution in [-0.2, 0) is 9.53 Å². The summed E-state index contributed by atoms with van der Waals surface area (Å²) < 4.78 is 16.1. The molecule has 29 heavy (non-hydrogen) atoms. The molecule has 2 aromatic rings. The van der Waals surface area contributed by atoms with E-state index >= 15 is 0 Å². The van der Waals surface area contributed by atoms with Crippen molar-refractivity contribution in [1.29, 1.82) is 0 Å². The number of benzene rings is 1. The molecule has 0 bridgehead atoms. The lowest BCUT2D eigenvalue weighted by Crippen LogP contribution is -2.45. The third kappa shape index (κ3) is 6.25. The Kier molecular flexibility index (Phi) is 7.35. The van der Waals surface area contributed by atoms with Gasteiger partial charge in [0.05, 0.1) is 0 Å². The molecule has 0 unspecified atom stereocenters.